The maximum absolute atomic E-state index is 11.6. The van der Waals surface area contributed by atoms with Gasteiger partial charge in [-0.1, -0.05) is 24.3 Å². The molecule has 0 aliphatic heterocycles. The lowest BCUT2D eigenvalue weighted by atomic mass is 10.0. The van der Waals surface area contributed by atoms with Gasteiger partial charge in [-0.25, -0.2) is 16.8 Å². The van der Waals surface area contributed by atoms with Crippen LogP contribution in [-0.2, 0) is 24.5 Å². The van der Waals surface area contributed by atoms with E-state index < -0.39 is 40.0 Å². The molecule has 0 saturated carbocycles. The minimum absolute atomic E-state index is 0.241. The first-order valence-electron chi connectivity index (χ1n) is 8.71. The summed E-state index contributed by atoms with van der Waals surface area (Å²) in [4.78, 5) is 0. The standard InChI is InChI=1S/C17H10Cl2N4O8S2/c18-32(26,27)14-16(24)30-20-22(14)12-5-1-10(2-6-12)9-11-3-7-13(8-4-11)23-15(33(19,28)29)17(25)31-21-23/h1-8H,9H2. The summed E-state index contributed by atoms with van der Waals surface area (Å²) in [6, 6.07) is 12.8. The third-order valence-corrected chi connectivity index (χ3v) is 6.86. The Balaban J connectivity index is 1.56. The van der Waals surface area contributed by atoms with Crippen LogP contribution in [0.2, 0.25) is 0 Å². The lowest BCUT2D eigenvalue weighted by molar-refractivity contribution is -0.706. The highest BCUT2D eigenvalue weighted by Gasteiger charge is 2.32. The number of hydrogen-bond acceptors (Lipinski definition) is 10. The van der Waals surface area contributed by atoms with Gasteiger partial charge in [-0.2, -0.15) is 0 Å². The largest absolute Gasteiger partial charge is 0.538 e. The van der Waals surface area contributed by atoms with Crippen LogP contribution in [0.25, 0.3) is 11.4 Å². The Hall–Kier alpha value is -3.20. The van der Waals surface area contributed by atoms with E-state index in [9.17, 15) is 27.0 Å². The molecule has 0 atom stereocenters. The van der Waals surface area contributed by atoms with Gasteiger partial charge in [0.1, 0.15) is 0 Å². The Kier molecular flexibility index (Phi) is 5.78. The number of rotatable bonds is 6. The first-order valence-corrected chi connectivity index (χ1v) is 13.3. The van der Waals surface area contributed by atoms with Gasteiger partial charge in [-0.3, -0.25) is 0 Å². The molecule has 0 amide bonds. The molecule has 0 bridgehead atoms. The third-order valence-electron chi connectivity index (χ3n) is 4.38. The zero-order chi connectivity index (χ0) is 24.0. The predicted octanol–water partition coefficient (Wildman–Crippen LogP) is -0.191. The lowest BCUT2D eigenvalue weighted by Gasteiger charge is -2.02. The Morgan fingerprint density at radius 3 is 1.33 bits per heavy atom. The molecule has 0 saturated heterocycles. The highest BCUT2D eigenvalue weighted by atomic mass is 35.7. The van der Waals surface area contributed by atoms with Crippen molar-refractivity contribution < 1.29 is 45.5 Å². The van der Waals surface area contributed by atoms with E-state index in [1.165, 1.54) is 24.3 Å². The van der Waals surface area contributed by atoms with Gasteiger partial charge >= 0.3 is 28.2 Å². The van der Waals surface area contributed by atoms with Crippen molar-refractivity contribution in [2.24, 2.45) is 0 Å². The molecule has 0 aliphatic rings. The summed E-state index contributed by atoms with van der Waals surface area (Å²) >= 11 is 0. The lowest BCUT2D eigenvalue weighted by Crippen LogP contribution is -2.37. The highest BCUT2D eigenvalue weighted by molar-refractivity contribution is 8.14. The predicted molar refractivity (Wildman–Crippen MR) is 104 cm³/mol. The van der Waals surface area contributed by atoms with E-state index in [2.05, 4.69) is 19.6 Å². The molecule has 0 radical (unpaired) electrons. The number of hydrogen-bond donors (Lipinski definition) is 0. The van der Waals surface area contributed by atoms with Crippen molar-refractivity contribution in [1.29, 1.82) is 0 Å². The second-order valence-corrected chi connectivity index (χ2v) is 11.5. The van der Waals surface area contributed by atoms with Gasteiger partial charge in [0.05, 0.1) is 10.5 Å². The van der Waals surface area contributed by atoms with Crippen molar-refractivity contribution in [3.05, 3.63) is 59.7 Å². The maximum atomic E-state index is 11.6. The molecule has 0 N–H and O–H groups in total. The van der Waals surface area contributed by atoms with Crippen LogP contribution in [0.1, 0.15) is 11.1 Å². The fourth-order valence-electron chi connectivity index (χ4n) is 2.96. The summed E-state index contributed by atoms with van der Waals surface area (Å²) in [5, 5.41) is 28.4. The van der Waals surface area contributed by atoms with Crippen LogP contribution in [0.15, 0.2) is 67.6 Å². The summed E-state index contributed by atoms with van der Waals surface area (Å²) in [6.45, 7) is 0. The minimum atomic E-state index is -4.38. The van der Waals surface area contributed by atoms with E-state index in [1.807, 2.05) is 0 Å². The average Bonchev–Trinajstić information content (AvgIpc) is 3.32. The van der Waals surface area contributed by atoms with Gasteiger partial charge in [0.15, 0.2) is 11.9 Å². The number of benzene rings is 2. The monoisotopic (exact) mass is 532 g/mol. The zero-order valence-corrected chi connectivity index (χ0v) is 19.1. The van der Waals surface area contributed by atoms with Gasteiger partial charge in [0.2, 0.25) is 11.4 Å². The fraction of sp³-hybridized carbons (Fsp3) is 0.0588. The van der Waals surface area contributed by atoms with Gasteiger partial charge in [0.25, 0.3) is 0 Å². The Morgan fingerprint density at radius 1 is 0.697 bits per heavy atom. The zero-order valence-electron chi connectivity index (χ0n) is 16.0. The highest BCUT2D eigenvalue weighted by Crippen LogP contribution is 2.22. The van der Waals surface area contributed by atoms with Gasteiger partial charge < -0.3 is 19.3 Å². The van der Waals surface area contributed by atoms with E-state index in [1.54, 1.807) is 24.3 Å². The van der Waals surface area contributed by atoms with Crippen LogP contribution in [0.3, 0.4) is 0 Å². The molecule has 2 aromatic heterocycles. The van der Waals surface area contributed by atoms with Gasteiger partial charge in [-0.05, 0) is 26.9 Å². The molecular formula is C17H10Cl2N4O8S2. The van der Waals surface area contributed by atoms with Gasteiger partial charge in [0, 0.05) is 45.6 Å². The molecule has 16 heteroatoms. The van der Waals surface area contributed by atoms with Crippen molar-refractivity contribution in [1.82, 2.24) is 10.5 Å². The molecule has 172 valence electrons. The van der Waals surface area contributed by atoms with E-state index >= 15 is 0 Å². The maximum Gasteiger partial charge on any atom is 0.368 e. The van der Waals surface area contributed by atoms with Crippen LogP contribution in [0.4, 0.5) is 0 Å². The van der Waals surface area contributed by atoms with E-state index in [0.717, 1.165) is 20.5 Å². The SMILES string of the molecule is O=S(=O)(Cl)c1c([O-])on[n+]1-c1ccc(Cc2ccc(-[n+]3noc([O-])c3S(=O)(=O)Cl)cc2)cc1. The Labute approximate surface area is 194 Å². The molecule has 4 rings (SSSR count). The summed E-state index contributed by atoms with van der Waals surface area (Å²) in [5.74, 6) is -2.37. The van der Waals surface area contributed by atoms with Gasteiger partial charge in [-0.15, -0.1) is 0 Å². The topological polar surface area (TPSA) is 174 Å². The summed E-state index contributed by atoms with van der Waals surface area (Å²) in [5.41, 5.74) is 2.11. The normalized spacial score (nSPS) is 12.2. The first kappa shape index (κ1) is 23.0. The summed E-state index contributed by atoms with van der Waals surface area (Å²) in [7, 11) is 1.79. The van der Waals surface area contributed by atoms with Crippen molar-refractivity contribution in [2.75, 3.05) is 0 Å². The van der Waals surface area contributed by atoms with Crippen LogP contribution in [0, 0.1) is 0 Å². The summed E-state index contributed by atoms with van der Waals surface area (Å²) in [6.07, 6.45) is 0.439. The minimum Gasteiger partial charge on any atom is -0.538 e. The van der Waals surface area contributed by atoms with Crippen LogP contribution < -0.4 is 19.6 Å². The smallest absolute Gasteiger partial charge is 0.368 e. The molecule has 2 aromatic carbocycles. The van der Waals surface area contributed by atoms with Crippen LogP contribution in [-0.4, -0.2) is 27.4 Å². The molecule has 0 spiro atoms. The molecule has 12 nitrogen and oxygen atoms in total. The Morgan fingerprint density at radius 2 is 1.03 bits per heavy atom. The second kappa shape index (κ2) is 8.30. The molecule has 2 heterocycles. The first-order chi connectivity index (χ1) is 15.4. The van der Waals surface area contributed by atoms with Crippen LogP contribution >= 0.6 is 21.4 Å². The molecule has 0 fully saturated rings. The molecule has 33 heavy (non-hydrogen) atoms. The molecular weight excluding hydrogens is 523 g/mol. The quantitative estimate of drug-likeness (QED) is 0.239. The number of halogens is 2. The number of aromatic nitrogens is 4. The Bertz CT molecular complexity index is 1430. The van der Waals surface area contributed by atoms with E-state index in [-0.39, 0.29) is 11.4 Å². The average molecular weight is 533 g/mol. The van der Waals surface area contributed by atoms with Crippen molar-refractivity contribution in [3.8, 4) is 23.3 Å². The number of nitrogens with zero attached hydrogens (tertiary/aromatic N) is 4. The molecule has 0 aliphatic carbocycles. The summed E-state index contributed by atoms with van der Waals surface area (Å²) < 4.78 is 56.8. The molecule has 4 aromatic rings. The third kappa shape index (κ3) is 4.64. The van der Waals surface area contributed by atoms with E-state index in [4.69, 9.17) is 21.4 Å². The van der Waals surface area contributed by atoms with Crippen molar-refractivity contribution >= 4 is 39.5 Å². The second-order valence-electron chi connectivity index (χ2n) is 6.54. The molecule has 0 unspecified atom stereocenters. The van der Waals surface area contributed by atoms with E-state index in [0.29, 0.717) is 6.42 Å². The van der Waals surface area contributed by atoms with Crippen molar-refractivity contribution in [3.63, 3.8) is 0 Å². The van der Waals surface area contributed by atoms with Crippen LogP contribution in [0.5, 0.6) is 11.9 Å². The van der Waals surface area contributed by atoms with Crippen molar-refractivity contribution in [2.45, 2.75) is 16.5 Å². The fourth-order valence-corrected chi connectivity index (χ4v) is 4.89.